The minimum atomic E-state index is -0.781. The molecule has 11 heteroatoms. The van der Waals surface area contributed by atoms with Crippen molar-refractivity contribution in [2.45, 2.75) is 39.7 Å². The van der Waals surface area contributed by atoms with E-state index >= 15 is 0 Å². The lowest BCUT2D eigenvalue weighted by molar-refractivity contribution is -0.139. The second-order valence-corrected chi connectivity index (χ2v) is 11.1. The van der Waals surface area contributed by atoms with Gasteiger partial charge in [0.2, 0.25) is 0 Å². The second-order valence-electron chi connectivity index (χ2n) is 10.1. The fourth-order valence-electron chi connectivity index (χ4n) is 5.33. The van der Waals surface area contributed by atoms with Gasteiger partial charge < -0.3 is 23.8 Å². The summed E-state index contributed by atoms with van der Waals surface area (Å²) in [4.78, 5) is 46.5. The van der Waals surface area contributed by atoms with E-state index in [0.717, 1.165) is 25.9 Å². The standard InChI is InChI=1S/C32H35N3O7S/c1-5-40-25-17-21(13-14-24(25)42-19-27(36)34-15-9-10-16-34)18-26-30(37)35-29(22-11-7-8-12-23(22)39-4)28(31(38)41-6-2)20(3)33-32(35)43-26/h7-8,11-14,17-18,29H,5-6,9-10,15-16,19H2,1-4H3/b26-18+/t29-/m1/s1. The number of aromatic nitrogens is 1. The summed E-state index contributed by atoms with van der Waals surface area (Å²) >= 11 is 1.23. The number of allylic oxidation sites excluding steroid dienone is 1. The number of benzene rings is 2. The number of thiazole rings is 1. The first-order valence-corrected chi connectivity index (χ1v) is 15.2. The maximum atomic E-state index is 14.0. The van der Waals surface area contributed by atoms with Gasteiger partial charge in [0.1, 0.15) is 11.8 Å². The molecule has 5 rings (SSSR count). The third-order valence-electron chi connectivity index (χ3n) is 7.33. The van der Waals surface area contributed by atoms with Crippen molar-refractivity contribution in [3.05, 3.63) is 84.5 Å². The topological polar surface area (TPSA) is 109 Å². The Morgan fingerprint density at radius 1 is 1.02 bits per heavy atom. The molecule has 2 aliphatic heterocycles. The number of hydrogen-bond acceptors (Lipinski definition) is 9. The maximum Gasteiger partial charge on any atom is 0.338 e. The van der Waals surface area contributed by atoms with Crippen molar-refractivity contribution in [2.24, 2.45) is 4.99 Å². The average Bonchev–Trinajstić information content (AvgIpc) is 3.65. The molecule has 1 atom stereocenters. The van der Waals surface area contributed by atoms with Crippen molar-refractivity contribution < 1.29 is 28.5 Å². The summed E-state index contributed by atoms with van der Waals surface area (Å²) in [6, 6.07) is 11.8. The number of likely N-dealkylation sites (tertiary alicyclic amines) is 1. The van der Waals surface area contributed by atoms with E-state index in [2.05, 4.69) is 4.99 Å². The van der Waals surface area contributed by atoms with Gasteiger partial charge in [-0.05, 0) is 63.5 Å². The molecule has 0 spiro atoms. The number of amides is 1. The smallest absolute Gasteiger partial charge is 0.338 e. The molecule has 0 saturated carbocycles. The van der Waals surface area contributed by atoms with E-state index in [1.54, 1.807) is 45.2 Å². The molecule has 3 heterocycles. The highest BCUT2D eigenvalue weighted by molar-refractivity contribution is 7.07. The predicted molar refractivity (Wildman–Crippen MR) is 162 cm³/mol. The van der Waals surface area contributed by atoms with Crippen molar-refractivity contribution >= 4 is 29.3 Å². The van der Waals surface area contributed by atoms with Gasteiger partial charge in [0.15, 0.2) is 22.9 Å². The fourth-order valence-corrected chi connectivity index (χ4v) is 6.38. The Kier molecular flexibility index (Phi) is 9.30. The van der Waals surface area contributed by atoms with E-state index in [1.165, 1.54) is 15.9 Å². The molecule has 43 heavy (non-hydrogen) atoms. The van der Waals surface area contributed by atoms with E-state index in [0.29, 0.717) is 50.0 Å². The monoisotopic (exact) mass is 605 g/mol. The number of ether oxygens (including phenoxy) is 4. The normalized spacial score (nSPS) is 16.5. The van der Waals surface area contributed by atoms with Gasteiger partial charge in [-0.3, -0.25) is 14.2 Å². The van der Waals surface area contributed by atoms with Crippen molar-refractivity contribution in [3.8, 4) is 17.2 Å². The van der Waals surface area contributed by atoms with Crippen molar-refractivity contribution in [2.75, 3.05) is 40.0 Å². The highest BCUT2D eigenvalue weighted by atomic mass is 32.1. The Morgan fingerprint density at radius 2 is 1.79 bits per heavy atom. The summed E-state index contributed by atoms with van der Waals surface area (Å²) in [6.45, 7) is 7.38. The first kappa shape index (κ1) is 30.1. The molecule has 10 nitrogen and oxygen atoms in total. The third-order valence-corrected chi connectivity index (χ3v) is 8.31. The van der Waals surface area contributed by atoms with E-state index in [1.807, 2.05) is 36.1 Å². The lowest BCUT2D eigenvalue weighted by atomic mass is 9.95. The molecule has 1 amide bonds. The van der Waals surface area contributed by atoms with Crippen LogP contribution in [0.2, 0.25) is 0 Å². The summed E-state index contributed by atoms with van der Waals surface area (Å²) in [5.41, 5.74) is 1.82. The van der Waals surface area contributed by atoms with Gasteiger partial charge >= 0.3 is 5.97 Å². The molecule has 0 bridgehead atoms. The number of fused-ring (bicyclic) bond motifs is 1. The zero-order chi connectivity index (χ0) is 30.5. The number of esters is 1. The number of methoxy groups -OCH3 is 1. The van der Waals surface area contributed by atoms with Crippen molar-refractivity contribution in [1.29, 1.82) is 0 Å². The van der Waals surface area contributed by atoms with E-state index in [9.17, 15) is 14.4 Å². The van der Waals surface area contributed by atoms with Gasteiger partial charge in [-0.2, -0.15) is 0 Å². The molecule has 226 valence electrons. The third kappa shape index (κ3) is 6.22. The zero-order valence-corrected chi connectivity index (χ0v) is 25.6. The highest BCUT2D eigenvalue weighted by Gasteiger charge is 2.35. The van der Waals surface area contributed by atoms with Gasteiger partial charge in [-0.15, -0.1) is 0 Å². The Balaban J connectivity index is 1.54. The molecule has 1 saturated heterocycles. The average molecular weight is 606 g/mol. The first-order chi connectivity index (χ1) is 20.9. The van der Waals surface area contributed by atoms with Gasteiger partial charge in [0.05, 0.1) is 36.1 Å². The van der Waals surface area contributed by atoms with Crippen LogP contribution in [0, 0.1) is 0 Å². The van der Waals surface area contributed by atoms with Crippen LogP contribution in [-0.2, 0) is 14.3 Å². The fraction of sp³-hybridized carbons (Fsp3) is 0.375. The Labute approximate surface area is 253 Å². The number of rotatable bonds is 10. The first-order valence-electron chi connectivity index (χ1n) is 14.4. The van der Waals surface area contributed by atoms with Crippen molar-refractivity contribution in [1.82, 2.24) is 9.47 Å². The molecule has 0 N–H and O–H groups in total. The van der Waals surface area contributed by atoms with Crippen LogP contribution in [0.4, 0.5) is 0 Å². The minimum absolute atomic E-state index is 0.0489. The Bertz CT molecular complexity index is 1730. The highest BCUT2D eigenvalue weighted by Crippen LogP contribution is 2.35. The molecule has 0 unspecified atom stereocenters. The van der Waals surface area contributed by atoms with Crippen LogP contribution < -0.4 is 29.1 Å². The zero-order valence-electron chi connectivity index (χ0n) is 24.8. The Hall–Kier alpha value is -4.38. The van der Waals surface area contributed by atoms with Crippen molar-refractivity contribution in [3.63, 3.8) is 0 Å². The predicted octanol–water partition coefficient (Wildman–Crippen LogP) is 3.21. The molecular formula is C32H35N3O7S. The summed E-state index contributed by atoms with van der Waals surface area (Å²) in [6.07, 6.45) is 3.78. The summed E-state index contributed by atoms with van der Waals surface area (Å²) in [5, 5.41) is 0. The lowest BCUT2D eigenvalue weighted by Crippen LogP contribution is -2.40. The molecule has 2 aromatic carbocycles. The van der Waals surface area contributed by atoms with Crippen LogP contribution in [0.5, 0.6) is 17.2 Å². The summed E-state index contributed by atoms with van der Waals surface area (Å²) < 4.78 is 24.6. The van der Waals surface area contributed by atoms with Crippen LogP contribution in [0.25, 0.3) is 6.08 Å². The second kappa shape index (κ2) is 13.3. The van der Waals surface area contributed by atoms with E-state index in [-0.39, 0.29) is 30.3 Å². The molecule has 3 aromatic rings. The molecule has 0 radical (unpaired) electrons. The van der Waals surface area contributed by atoms with Crippen LogP contribution >= 0.6 is 11.3 Å². The van der Waals surface area contributed by atoms with Gasteiger partial charge in [0, 0.05) is 18.7 Å². The molecular weight excluding hydrogens is 570 g/mol. The summed E-state index contributed by atoms with van der Waals surface area (Å²) in [5.74, 6) is 0.893. The number of carbonyl (C=O) groups is 2. The summed E-state index contributed by atoms with van der Waals surface area (Å²) in [7, 11) is 1.55. The lowest BCUT2D eigenvalue weighted by Gasteiger charge is -2.25. The maximum absolute atomic E-state index is 14.0. The van der Waals surface area contributed by atoms with Crippen LogP contribution in [0.3, 0.4) is 0 Å². The number of carbonyl (C=O) groups excluding carboxylic acids is 2. The Morgan fingerprint density at radius 3 is 2.51 bits per heavy atom. The van der Waals surface area contributed by atoms with Crippen LogP contribution in [0.1, 0.15) is 50.8 Å². The molecule has 1 aromatic heterocycles. The van der Waals surface area contributed by atoms with Gasteiger partial charge in [0.25, 0.3) is 11.5 Å². The largest absolute Gasteiger partial charge is 0.496 e. The molecule has 0 aliphatic carbocycles. The molecule has 2 aliphatic rings. The quantitative estimate of drug-likeness (QED) is 0.327. The van der Waals surface area contributed by atoms with Gasteiger partial charge in [-0.1, -0.05) is 35.6 Å². The number of hydrogen-bond donors (Lipinski definition) is 0. The van der Waals surface area contributed by atoms with Crippen LogP contribution in [-0.4, -0.2) is 61.4 Å². The minimum Gasteiger partial charge on any atom is -0.496 e. The van der Waals surface area contributed by atoms with E-state index in [4.69, 9.17) is 18.9 Å². The number of nitrogens with zero attached hydrogens (tertiary/aromatic N) is 3. The SMILES string of the molecule is CCOC(=O)C1=C(C)N=c2s/c(=C/c3ccc(OCC(=O)N4CCCC4)c(OCC)c3)c(=O)n2[C@@H]1c1ccccc1OC. The van der Waals surface area contributed by atoms with Crippen LogP contribution in [0.15, 0.2) is 63.5 Å². The van der Waals surface area contributed by atoms with E-state index < -0.39 is 12.0 Å². The van der Waals surface area contributed by atoms with Gasteiger partial charge in [-0.25, -0.2) is 9.79 Å². The number of para-hydroxylation sites is 1. The molecule has 1 fully saturated rings.